The van der Waals surface area contributed by atoms with Crippen LogP contribution in [0.1, 0.15) is 37.0 Å². The van der Waals surface area contributed by atoms with Gasteiger partial charge in [-0.15, -0.1) is 0 Å². The van der Waals surface area contributed by atoms with Gasteiger partial charge in [0.1, 0.15) is 0 Å². The van der Waals surface area contributed by atoms with Crippen LogP contribution in [0.5, 0.6) is 0 Å². The van der Waals surface area contributed by atoms with Gasteiger partial charge in [-0.25, -0.2) is 0 Å². The summed E-state index contributed by atoms with van der Waals surface area (Å²) in [6.45, 7) is 4.24. The van der Waals surface area contributed by atoms with Crippen molar-refractivity contribution in [3.63, 3.8) is 0 Å². The molecule has 15 heavy (non-hydrogen) atoms. The van der Waals surface area contributed by atoms with Gasteiger partial charge in [0.2, 0.25) is 0 Å². The lowest BCUT2D eigenvalue weighted by molar-refractivity contribution is 0.218. The van der Waals surface area contributed by atoms with Crippen molar-refractivity contribution < 1.29 is 5.11 Å². The van der Waals surface area contributed by atoms with Gasteiger partial charge in [0, 0.05) is 10.4 Å². The highest BCUT2D eigenvalue weighted by Gasteiger charge is 2.23. The molecule has 1 N–H and O–H groups in total. The van der Waals surface area contributed by atoms with E-state index >= 15 is 0 Å². The van der Waals surface area contributed by atoms with E-state index in [4.69, 9.17) is 11.6 Å². The minimum absolute atomic E-state index is 0.155. The number of fused-ring (bicyclic) bond motifs is 1. The lowest BCUT2D eigenvalue weighted by atomic mass is 9.84. The van der Waals surface area contributed by atoms with E-state index in [1.54, 1.807) is 0 Å². The Morgan fingerprint density at radius 2 is 2.07 bits per heavy atom. The highest BCUT2D eigenvalue weighted by atomic mass is 35.5. The molecule has 82 valence electrons. The smallest absolute Gasteiger partial charge is 0.0522 e. The second-order valence-electron chi connectivity index (χ2n) is 4.99. The van der Waals surface area contributed by atoms with Gasteiger partial charge >= 0.3 is 0 Å². The summed E-state index contributed by atoms with van der Waals surface area (Å²) < 4.78 is 0. The van der Waals surface area contributed by atoms with Crippen LogP contribution in [-0.2, 0) is 18.3 Å². The van der Waals surface area contributed by atoms with E-state index in [1.807, 2.05) is 19.9 Å². The molecule has 2 rings (SSSR count). The Bertz CT molecular complexity index is 382. The second kappa shape index (κ2) is 3.80. The largest absolute Gasteiger partial charge is 0.395 e. The highest BCUT2D eigenvalue weighted by molar-refractivity contribution is 6.31. The molecule has 0 spiro atoms. The van der Waals surface area contributed by atoms with Crippen LogP contribution in [0.2, 0.25) is 5.02 Å². The Labute approximate surface area is 96.1 Å². The number of hydrogen-bond donors (Lipinski definition) is 1. The fourth-order valence-electron chi connectivity index (χ4n) is 2.13. The Kier molecular flexibility index (Phi) is 2.78. The molecule has 0 atom stereocenters. The molecular formula is C13H17ClO. The first kappa shape index (κ1) is 11.0. The summed E-state index contributed by atoms with van der Waals surface area (Å²) in [6.07, 6.45) is 3.44. The average molecular weight is 225 g/mol. The van der Waals surface area contributed by atoms with Crippen molar-refractivity contribution in [3.8, 4) is 0 Å². The zero-order valence-electron chi connectivity index (χ0n) is 9.31. The van der Waals surface area contributed by atoms with E-state index in [1.165, 1.54) is 17.5 Å². The molecule has 1 aromatic rings. The van der Waals surface area contributed by atoms with Crippen LogP contribution in [0.15, 0.2) is 12.1 Å². The second-order valence-corrected chi connectivity index (χ2v) is 5.40. The Morgan fingerprint density at radius 1 is 1.33 bits per heavy atom. The Balaban J connectivity index is 2.48. The van der Waals surface area contributed by atoms with Crippen molar-refractivity contribution >= 4 is 11.6 Å². The summed E-state index contributed by atoms with van der Waals surface area (Å²) in [5, 5.41) is 10.2. The quantitative estimate of drug-likeness (QED) is 0.819. The van der Waals surface area contributed by atoms with Gasteiger partial charge in [0.15, 0.2) is 0 Å². The van der Waals surface area contributed by atoms with Crippen LogP contribution in [0, 0.1) is 0 Å². The topological polar surface area (TPSA) is 20.2 Å². The number of hydrogen-bond acceptors (Lipinski definition) is 1. The number of rotatable bonds is 2. The lowest BCUT2D eigenvalue weighted by Gasteiger charge is -2.23. The molecule has 0 bridgehead atoms. The summed E-state index contributed by atoms with van der Waals surface area (Å²) in [7, 11) is 0. The molecule has 0 saturated heterocycles. The van der Waals surface area contributed by atoms with Gasteiger partial charge in [-0.2, -0.15) is 0 Å². The first-order chi connectivity index (χ1) is 7.04. The molecule has 0 aliphatic heterocycles. The Hall–Kier alpha value is -0.530. The molecule has 1 aliphatic rings. The van der Waals surface area contributed by atoms with E-state index in [0.29, 0.717) is 0 Å². The summed E-state index contributed by atoms with van der Waals surface area (Å²) >= 11 is 6.26. The van der Waals surface area contributed by atoms with Gasteiger partial charge < -0.3 is 5.11 Å². The number of aryl methyl sites for hydroxylation is 1. The van der Waals surface area contributed by atoms with Crippen LogP contribution in [0.25, 0.3) is 0 Å². The molecule has 0 radical (unpaired) electrons. The molecule has 1 nitrogen and oxygen atoms in total. The number of aliphatic hydroxyl groups excluding tert-OH is 1. The maximum atomic E-state index is 9.34. The van der Waals surface area contributed by atoms with Crippen molar-refractivity contribution in [1.82, 2.24) is 0 Å². The van der Waals surface area contributed by atoms with Gasteiger partial charge in [0.25, 0.3) is 0 Å². The summed E-state index contributed by atoms with van der Waals surface area (Å²) in [5.74, 6) is 0. The van der Waals surface area contributed by atoms with Crippen molar-refractivity contribution in [3.05, 3.63) is 33.8 Å². The van der Waals surface area contributed by atoms with Crippen molar-refractivity contribution in [1.29, 1.82) is 0 Å². The standard InChI is InChI=1S/C13H17ClO/c1-13(2,8-15)10-6-9-4-3-5-11(9)12(14)7-10/h6-7,15H,3-5,8H2,1-2H3. The fraction of sp³-hybridized carbons (Fsp3) is 0.538. The van der Waals surface area contributed by atoms with Gasteiger partial charge in [0.05, 0.1) is 6.61 Å². The highest BCUT2D eigenvalue weighted by Crippen LogP contribution is 2.34. The lowest BCUT2D eigenvalue weighted by Crippen LogP contribution is -2.22. The Morgan fingerprint density at radius 3 is 2.73 bits per heavy atom. The van der Waals surface area contributed by atoms with E-state index in [0.717, 1.165) is 23.4 Å². The number of halogens is 1. The zero-order chi connectivity index (χ0) is 11.1. The van der Waals surface area contributed by atoms with Crippen molar-refractivity contribution in [2.45, 2.75) is 38.5 Å². The molecule has 1 aliphatic carbocycles. The maximum Gasteiger partial charge on any atom is 0.0522 e. The van der Waals surface area contributed by atoms with E-state index in [-0.39, 0.29) is 12.0 Å². The first-order valence-corrected chi connectivity index (χ1v) is 5.85. The minimum Gasteiger partial charge on any atom is -0.395 e. The third-order valence-corrected chi connectivity index (χ3v) is 3.67. The zero-order valence-corrected chi connectivity index (χ0v) is 10.1. The van der Waals surface area contributed by atoms with Crippen LogP contribution in [-0.4, -0.2) is 11.7 Å². The molecule has 0 amide bonds. The molecule has 0 unspecified atom stereocenters. The summed E-state index contributed by atoms with van der Waals surface area (Å²) in [4.78, 5) is 0. The molecule has 1 aromatic carbocycles. The number of aliphatic hydroxyl groups is 1. The average Bonchev–Trinajstić information content (AvgIpc) is 2.66. The van der Waals surface area contributed by atoms with E-state index in [9.17, 15) is 5.11 Å². The molecular weight excluding hydrogens is 208 g/mol. The predicted octanol–water partition coefficient (Wildman–Crippen LogP) is 3.10. The fourth-order valence-corrected chi connectivity index (χ4v) is 2.47. The summed E-state index contributed by atoms with van der Waals surface area (Å²) in [6, 6.07) is 4.23. The van der Waals surface area contributed by atoms with Crippen molar-refractivity contribution in [2.75, 3.05) is 6.61 Å². The number of benzene rings is 1. The monoisotopic (exact) mass is 224 g/mol. The molecule has 2 heteroatoms. The molecule has 0 aromatic heterocycles. The summed E-state index contributed by atoms with van der Waals surface area (Å²) in [5.41, 5.74) is 3.64. The van der Waals surface area contributed by atoms with Gasteiger partial charge in [-0.3, -0.25) is 0 Å². The molecule has 0 fully saturated rings. The van der Waals surface area contributed by atoms with Crippen LogP contribution < -0.4 is 0 Å². The third-order valence-electron chi connectivity index (χ3n) is 3.34. The van der Waals surface area contributed by atoms with Crippen LogP contribution in [0.4, 0.5) is 0 Å². The minimum atomic E-state index is -0.193. The van der Waals surface area contributed by atoms with Gasteiger partial charge in [-0.05, 0) is 42.0 Å². The van der Waals surface area contributed by atoms with Crippen LogP contribution in [0.3, 0.4) is 0 Å². The first-order valence-electron chi connectivity index (χ1n) is 5.47. The maximum absolute atomic E-state index is 9.34. The van der Waals surface area contributed by atoms with Crippen LogP contribution >= 0.6 is 11.6 Å². The van der Waals surface area contributed by atoms with E-state index < -0.39 is 0 Å². The third kappa shape index (κ3) is 1.91. The molecule has 0 saturated carbocycles. The normalized spacial score (nSPS) is 15.5. The molecule has 0 heterocycles. The SMILES string of the molecule is CC(C)(CO)c1cc(Cl)c2c(c1)CCC2. The van der Waals surface area contributed by atoms with E-state index in [2.05, 4.69) is 6.07 Å². The van der Waals surface area contributed by atoms with Crippen molar-refractivity contribution in [2.24, 2.45) is 0 Å². The predicted molar refractivity (Wildman–Crippen MR) is 63.6 cm³/mol. The van der Waals surface area contributed by atoms with Gasteiger partial charge in [-0.1, -0.05) is 31.5 Å².